The molecule has 0 spiro atoms. The largest absolute Gasteiger partial charge is 0.285 e. The molecule has 0 bridgehead atoms. The highest BCUT2D eigenvalue weighted by atomic mass is 32.2. The number of nitrogens with two attached hydrogens (primary N) is 1. The molecular formula is C11H14N4O4S2. The van der Waals surface area contributed by atoms with E-state index in [4.69, 9.17) is 5.14 Å². The maximum atomic E-state index is 12.4. The van der Waals surface area contributed by atoms with Gasteiger partial charge in [0.1, 0.15) is 0 Å². The van der Waals surface area contributed by atoms with Crippen LogP contribution in [0.1, 0.15) is 5.56 Å². The third-order valence-electron chi connectivity index (χ3n) is 2.80. The summed E-state index contributed by atoms with van der Waals surface area (Å²) in [7, 11) is -6.39. The molecule has 10 heteroatoms. The number of benzene rings is 1. The van der Waals surface area contributed by atoms with Crippen LogP contribution >= 0.6 is 0 Å². The summed E-state index contributed by atoms with van der Waals surface area (Å²) < 4.78 is 48.5. The number of nitrogens with one attached hydrogen (secondary N) is 1. The van der Waals surface area contributed by atoms with Gasteiger partial charge in [-0.3, -0.25) is 5.10 Å². The Hall–Kier alpha value is -1.75. The summed E-state index contributed by atoms with van der Waals surface area (Å²) in [5.41, 5.74) is 0.684. The van der Waals surface area contributed by atoms with Crippen molar-refractivity contribution in [1.29, 1.82) is 0 Å². The summed E-state index contributed by atoms with van der Waals surface area (Å²) in [5.74, 6) is 0. The first-order valence-electron chi connectivity index (χ1n) is 5.78. The molecule has 0 fully saturated rings. The van der Waals surface area contributed by atoms with Crippen LogP contribution in [0.15, 0.2) is 46.5 Å². The fourth-order valence-electron chi connectivity index (χ4n) is 1.70. The van der Waals surface area contributed by atoms with E-state index in [1.54, 1.807) is 6.20 Å². The van der Waals surface area contributed by atoms with Crippen molar-refractivity contribution in [2.75, 3.05) is 7.05 Å². The Morgan fingerprint density at radius 3 is 2.48 bits per heavy atom. The Bertz CT molecular complexity index is 829. The minimum atomic E-state index is -3.96. The topological polar surface area (TPSA) is 126 Å². The van der Waals surface area contributed by atoms with E-state index in [-0.39, 0.29) is 16.3 Å². The van der Waals surface area contributed by atoms with Gasteiger partial charge in [-0.15, -0.1) is 0 Å². The van der Waals surface area contributed by atoms with Crippen molar-refractivity contribution in [1.82, 2.24) is 14.5 Å². The van der Waals surface area contributed by atoms with Crippen LogP contribution in [-0.4, -0.2) is 38.4 Å². The van der Waals surface area contributed by atoms with Crippen molar-refractivity contribution in [3.05, 3.63) is 42.2 Å². The van der Waals surface area contributed by atoms with Gasteiger partial charge in [0.15, 0.2) is 0 Å². The number of H-pyrrole nitrogens is 1. The molecule has 0 amide bonds. The fraction of sp³-hybridized carbons (Fsp3) is 0.182. The Kier molecular flexibility index (Phi) is 4.14. The smallest absolute Gasteiger partial charge is 0.243 e. The maximum Gasteiger partial charge on any atom is 0.243 e. The predicted molar refractivity (Wildman–Crippen MR) is 75.1 cm³/mol. The number of primary sulfonamides is 1. The van der Waals surface area contributed by atoms with E-state index in [9.17, 15) is 16.8 Å². The van der Waals surface area contributed by atoms with E-state index < -0.39 is 20.0 Å². The highest BCUT2D eigenvalue weighted by Gasteiger charge is 2.22. The molecule has 0 radical (unpaired) electrons. The first-order valence-corrected chi connectivity index (χ1v) is 8.77. The van der Waals surface area contributed by atoms with E-state index in [1.165, 1.54) is 31.4 Å². The van der Waals surface area contributed by atoms with Crippen molar-refractivity contribution in [3.63, 3.8) is 0 Å². The van der Waals surface area contributed by atoms with Crippen LogP contribution in [0.2, 0.25) is 0 Å². The fourth-order valence-corrected chi connectivity index (χ4v) is 3.54. The van der Waals surface area contributed by atoms with Gasteiger partial charge in [0, 0.05) is 25.4 Å². The molecule has 3 N–H and O–H groups in total. The molecule has 1 aromatic carbocycles. The molecule has 114 valence electrons. The molecule has 2 aromatic rings. The first kappa shape index (κ1) is 15.6. The van der Waals surface area contributed by atoms with E-state index in [0.717, 1.165) is 10.4 Å². The van der Waals surface area contributed by atoms with E-state index in [2.05, 4.69) is 10.2 Å². The van der Waals surface area contributed by atoms with Crippen LogP contribution in [0.5, 0.6) is 0 Å². The molecule has 0 saturated carbocycles. The van der Waals surface area contributed by atoms with Crippen molar-refractivity contribution in [3.8, 4) is 0 Å². The SMILES string of the molecule is CN(Cc1cn[nH]c1)S(=O)(=O)c1cccc(S(N)(=O)=O)c1. The molecule has 0 unspecified atom stereocenters. The van der Waals surface area contributed by atoms with Gasteiger partial charge in [-0.2, -0.15) is 9.40 Å². The number of hydrogen-bond donors (Lipinski definition) is 2. The van der Waals surface area contributed by atoms with Gasteiger partial charge in [0.05, 0.1) is 16.0 Å². The molecule has 0 saturated heterocycles. The van der Waals surface area contributed by atoms with Gasteiger partial charge in [0.2, 0.25) is 20.0 Å². The van der Waals surface area contributed by atoms with E-state index in [0.29, 0.717) is 5.56 Å². The lowest BCUT2D eigenvalue weighted by Gasteiger charge is -2.16. The first-order chi connectivity index (χ1) is 9.71. The standard InChI is InChI=1S/C11H14N4O4S2/c1-15(8-9-6-13-14-7-9)21(18,19)11-4-2-3-10(5-11)20(12,16)17/h2-7H,8H2,1H3,(H,13,14)(H2,12,16,17). The van der Waals surface area contributed by atoms with Crippen molar-refractivity contribution < 1.29 is 16.8 Å². The minimum Gasteiger partial charge on any atom is -0.285 e. The van der Waals surface area contributed by atoms with Gasteiger partial charge in [0.25, 0.3) is 0 Å². The van der Waals surface area contributed by atoms with Crippen molar-refractivity contribution >= 4 is 20.0 Å². The minimum absolute atomic E-state index is 0.110. The summed E-state index contributed by atoms with van der Waals surface area (Å²) in [6.45, 7) is 0.110. The second kappa shape index (κ2) is 5.56. The normalized spacial score (nSPS) is 12.7. The molecule has 1 aromatic heterocycles. The molecule has 0 aliphatic heterocycles. The third-order valence-corrected chi connectivity index (χ3v) is 5.51. The monoisotopic (exact) mass is 330 g/mol. The Labute approximate surface area is 122 Å². The van der Waals surface area contributed by atoms with Gasteiger partial charge in [-0.05, 0) is 18.2 Å². The number of hydrogen-bond acceptors (Lipinski definition) is 5. The highest BCUT2D eigenvalue weighted by Crippen LogP contribution is 2.19. The second-order valence-electron chi connectivity index (χ2n) is 4.39. The highest BCUT2D eigenvalue weighted by molar-refractivity contribution is 7.90. The molecule has 0 aliphatic rings. The summed E-state index contributed by atoms with van der Waals surface area (Å²) in [6.07, 6.45) is 3.08. The lowest BCUT2D eigenvalue weighted by molar-refractivity contribution is 0.466. The van der Waals surface area contributed by atoms with E-state index >= 15 is 0 Å². The van der Waals surface area contributed by atoms with Crippen LogP contribution in [0.3, 0.4) is 0 Å². The summed E-state index contributed by atoms with van der Waals surface area (Å²) in [6, 6.07) is 4.93. The van der Waals surface area contributed by atoms with Crippen LogP contribution in [0, 0.1) is 0 Å². The summed E-state index contributed by atoms with van der Waals surface area (Å²) in [5, 5.41) is 11.3. The number of sulfonamides is 2. The molecule has 8 nitrogen and oxygen atoms in total. The Morgan fingerprint density at radius 1 is 1.24 bits per heavy atom. The van der Waals surface area contributed by atoms with Crippen LogP contribution in [0.4, 0.5) is 0 Å². The second-order valence-corrected chi connectivity index (χ2v) is 7.99. The number of aromatic amines is 1. The quantitative estimate of drug-likeness (QED) is 0.790. The lowest BCUT2D eigenvalue weighted by Crippen LogP contribution is -2.26. The average Bonchev–Trinajstić information content (AvgIpc) is 2.90. The Morgan fingerprint density at radius 2 is 1.90 bits per heavy atom. The van der Waals surface area contributed by atoms with Crippen LogP contribution in [-0.2, 0) is 26.6 Å². The molecule has 2 rings (SSSR count). The maximum absolute atomic E-state index is 12.4. The van der Waals surface area contributed by atoms with Crippen LogP contribution in [0.25, 0.3) is 0 Å². The van der Waals surface area contributed by atoms with Gasteiger partial charge in [-0.1, -0.05) is 6.07 Å². The van der Waals surface area contributed by atoms with Crippen molar-refractivity contribution in [2.45, 2.75) is 16.3 Å². The molecule has 21 heavy (non-hydrogen) atoms. The molecule has 0 aliphatic carbocycles. The predicted octanol–water partition coefficient (Wildman–Crippen LogP) is -0.122. The zero-order valence-electron chi connectivity index (χ0n) is 11.1. The van der Waals surface area contributed by atoms with Crippen LogP contribution < -0.4 is 5.14 Å². The zero-order valence-corrected chi connectivity index (χ0v) is 12.7. The van der Waals surface area contributed by atoms with Gasteiger partial charge >= 0.3 is 0 Å². The average molecular weight is 330 g/mol. The summed E-state index contributed by atoms with van der Waals surface area (Å²) in [4.78, 5) is -0.389. The molecule has 0 atom stereocenters. The summed E-state index contributed by atoms with van der Waals surface area (Å²) >= 11 is 0. The number of nitrogens with zero attached hydrogens (tertiary/aromatic N) is 2. The molecule has 1 heterocycles. The molecular weight excluding hydrogens is 316 g/mol. The number of aromatic nitrogens is 2. The van der Waals surface area contributed by atoms with E-state index in [1.807, 2.05) is 0 Å². The lowest BCUT2D eigenvalue weighted by atomic mass is 10.4. The van der Waals surface area contributed by atoms with Gasteiger partial charge in [-0.25, -0.2) is 22.0 Å². The third kappa shape index (κ3) is 3.47. The van der Waals surface area contributed by atoms with Gasteiger partial charge < -0.3 is 0 Å². The number of rotatable bonds is 5. The van der Waals surface area contributed by atoms with Crippen molar-refractivity contribution in [2.24, 2.45) is 5.14 Å². The zero-order chi connectivity index (χ0) is 15.7. The Balaban J connectivity index is 2.35.